The molecule has 5 nitrogen and oxygen atoms in total. The molecule has 1 amide bonds. The molecule has 0 aliphatic rings. The first kappa shape index (κ1) is 20.2. The molecule has 5 heteroatoms. The Hall–Kier alpha value is -1.85. The highest BCUT2D eigenvalue weighted by atomic mass is 16.1. The summed E-state index contributed by atoms with van der Waals surface area (Å²) in [6.07, 6.45) is 4.60. The highest BCUT2D eigenvalue weighted by Crippen LogP contribution is 2.23. The van der Waals surface area contributed by atoms with Crippen LogP contribution in [-0.4, -0.2) is 63.0 Å². The zero-order valence-electron chi connectivity index (χ0n) is 15.7. The van der Waals surface area contributed by atoms with Crippen molar-refractivity contribution in [2.24, 2.45) is 0 Å². The zero-order chi connectivity index (χ0) is 17.9. The maximum Gasteiger partial charge on any atom is 0.248 e. The first-order valence-corrected chi connectivity index (χ1v) is 8.57. The van der Waals surface area contributed by atoms with Crippen molar-refractivity contribution in [2.75, 3.05) is 58.0 Å². The van der Waals surface area contributed by atoms with Gasteiger partial charge in [-0.2, -0.15) is 0 Å². The number of hydrogen-bond donors (Lipinski definition) is 2. The minimum Gasteiger partial charge on any atom is -0.382 e. The SMILES string of the molecule is CCCN(C)CCNc1ccc(C)cc1NC(=O)/C=C/CN(C)C. The van der Waals surface area contributed by atoms with Crippen LogP contribution in [0.25, 0.3) is 0 Å². The van der Waals surface area contributed by atoms with Crippen LogP contribution in [0, 0.1) is 6.92 Å². The van der Waals surface area contributed by atoms with Crippen molar-refractivity contribution >= 4 is 17.3 Å². The Morgan fingerprint density at radius 2 is 1.92 bits per heavy atom. The van der Waals surface area contributed by atoms with Crippen LogP contribution >= 0.6 is 0 Å². The molecule has 0 atom stereocenters. The fraction of sp³-hybridized carbons (Fsp3) is 0.526. The summed E-state index contributed by atoms with van der Waals surface area (Å²) in [6, 6.07) is 6.07. The molecule has 0 saturated heterocycles. The van der Waals surface area contributed by atoms with Gasteiger partial charge in [-0.25, -0.2) is 0 Å². The molecule has 24 heavy (non-hydrogen) atoms. The van der Waals surface area contributed by atoms with Crippen LogP contribution in [0.4, 0.5) is 11.4 Å². The van der Waals surface area contributed by atoms with Crippen LogP contribution in [0.2, 0.25) is 0 Å². The molecule has 0 radical (unpaired) electrons. The number of benzene rings is 1. The molecule has 1 aromatic carbocycles. The number of rotatable bonds is 10. The maximum absolute atomic E-state index is 12.1. The third-order valence-corrected chi connectivity index (χ3v) is 3.59. The van der Waals surface area contributed by atoms with Gasteiger partial charge in [-0.3, -0.25) is 4.79 Å². The summed E-state index contributed by atoms with van der Waals surface area (Å²) < 4.78 is 0. The van der Waals surface area contributed by atoms with E-state index in [4.69, 9.17) is 0 Å². The summed E-state index contributed by atoms with van der Waals surface area (Å²) in [4.78, 5) is 16.4. The molecule has 0 unspecified atom stereocenters. The number of likely N-dealkylation sites (N-methyl/N-ethyl adjacent to an activating group) is 2. The van der Waals surface area contributed by atoms with Crippen molar-refractivity contribution < 1.29 is 4.79 Å². The van der Waals surface area contributed by atoms with Gasteiger partial charge in [0.25, 0.3) is 0 Å². The van der Waals surface area contributed by atoms with Gasteiger partial charge in [-0.15, -0.1) is 0 Å². The lowest BCUT2D eigenvalue weighted by molar-refractivity contribution is -0.111. The topological polar surface area (TPSA) is 47.6 Å². The van der Waals surface area contributed by atoms with Crippen molar-refractivity contribution in [1.29, 1.82) is 0 Å². The monoisotopic (exact) mass is 332 g/mol. The molecule has 134 valence electrons. The minimum absolute atomic E-state index is 0.103. The molecule has 0 saturated carbocycles. The van der Waals surface area contributed by atoms with E-state index in [1.54, 1.807) is 6.08 Å². The number of aryl methyl sites for hydroxylation is 1. The average molecular weight is 332 g/mol. The number of hydrogen-bond acceptors (Lipinski definition) is 4. The minimum atomic E-state index is -0.103. The van der Waals surface area contributed by atoms with Gasteiger partial charge < -0.3 is 20.4 Å². The molecular weight excluding hydrogens is 300 g/mol. The van der Waals surface area contributed by atoms with E-state index in [1.807, 2.05) is 44.1 Å². The van der Waals surface area contributed by atoms with Crippen LogP contribution in [0.15, 0.2) is 30.4 Å². The number of nitrogens with zero attached hydrogens (tertiary/aromatic N) is 2. The van der Waals surface area contributed by atoms with E-state index < -0.39 is 0 Å². The third-order valence-electron chi connectivity index (χ3n) is 3.59. The van der Waals surface area contributed by atoms with Gasteiger partial charge in [-0.05, 0) is 58.7 Å². The second-order valence-electron chi connectivity index (χ2n) is 6.43. The van der Waals surface area contributed by atoms with Gasteiger partial charge in [0.2, 0.25) is 5.91 Å². The first-order valence-electron chi connectivity index (χ1n) is 8.57. The molecule has 0 aliphatic carbocycles. The standard InChI is InChI=1S/C19H32N4O/c1-6-12-23(5)14-11-20-17-10-9-16(2)15-18(17)21-19(24)8-7-13-22(3)4/h7-10,15,20H,6,11-14H2,1-5H3,(H,21,24)/b8-7+. The third kappa shape index (κ3) is 8.13. The Kier molecular flexibility index (Phi) is 9.12. The average Bonchev–Trinajstić information content (AvgIpc) is 2.49. The smallest absolute Gasteiger partial charge is 0.248 e. The summed E-state index contributed by atoms with van der Waals surface area (Å²) in [7, 11) is 6.07. The molecule has 1 aromatic rings. The Morgan fingerprint density at radius 1 is 1.17 bits per heavy atom. The van der Waals surface area contributed by atoms with E-state index in [1.165, 1.54) is 0 Å². The van der Waals surface area contributed by atoms with Gasteiger partial charge in [0, 0.05) is 25.7 Å². The number of carbonyl (C=O) groups excluding carboxylic acids is 1. The lowest BCUT2D eigenvalue weighted by Crippen LogP contribution is -2.26. The van der Waals surface area contributed by atoms with Crippen molar-refractivity contribution in [2.45, 2.75) is 20.3 Å². The summed E-state index contributed by atoms with van der Waals surface area (Å²) >= 11 is 0. The number of anilines is 2. The van der Waals surface area contributed by atoms with Crippen LogP contribution < -0.4 is 10.6 Å². The maximum atomic E-state index is 12.1. The fourth-order valence-corrected chi connectivity index (χ4v) is 2.34. The molecule has 0 heterocycles. The van der Waals surface area contributed by atoms with Crippen LogP contribution in [0.3, 0.4) is 0 Å². The van der Waals surface area contributed by atoms with Gasteiger partial charge >= 0.3 is 0 Å². The van der Waals surface area contributed by atoms with E-state index >= 15 is 0 Å². The second-order valence-corrected chi connectivity index (χ2v) is 6.43. The number of carbonyl (C=O) groups is 1. The van der Waals surface area contributed by atoms with Crippen LogP contribution in [-0.2, 0) is 4.79 Å². The van der Waals surface area contributed by atoms with E-state index in [0.717, 1.165) is 49.5 Å². The highest BCUT2D eigenvalue weighted by Gasteiger charge is 2.06. The second kappa shape index (κ2) is 10.8. The summed E-state index contributed by atoms with van der Waals surface area (Å²) in [5.41, 5.74) is 2.91. The quantitative estimate of drug-likeness (QED) is 0.647. The van der Waals surface area contributed by atoms with Gasteiger partial charge in [0.15, 0.2) is 0 Å². The molecule has 1 rings (SSSR count). The summed E-state index contributed by atoms with van der Waals surface area (Å²) in [5, 5.41) is 6.39. The highest BCUT2D eigenvalue weighted by molar-refractivity contribution is 6.01. The Balaban J connectivity index is 2.64. The van der Waals surface area contributed by atoms with E-state index in [-0.39, 0.29) is 5.91 Å². The molecule has 0 spiro atoms. The first-order chi connectivity index (χ1) is 11.4. The Morgan fingerprint density at radius 3 is 2.58 bits per heavy atom. The van der Waals surface area contributed by atoms with Crippen molar-refractivity contribution in [3.05, 3.63) is 35.9 Å². The molecule has 2 N–H and O–H groups in total. The van der Waals surface area contributed by atoms with Crippen LogP contribution in [0.5, 0.6) is 0 Å². The number of nitrogens with one attached hydrogen (secondary N) is 2. The van der Waals surface area contributed by atoms with Crippen LogP contribution in [0.1, 0.15) is 18.9 Å². The molecule has 0 aliphatic heterocycles. The van der Waals surface area contributed by atoms with Gasteiger partial charge in [-0.1, -0.05) is 19.1 Å². The predicted octanol–water partition coefficient (Wildman–Crippen LogP) is 2.81. The van der Waals surface area contributed by atoms with Gasteiger partial charge in [0.05, 0.1) is 11.4 Å². The Bertz CT molecular complexity index is 540. The molecule has 0 aromatic heterocycles. The van der Waals surface area contributed by atoms with E-state index in [0.29, 0.717) is 0 Å². The summed E-state index contributed by atoms with van der Waals surface area (Å²) in [5.74, 6) is -0.103. The van der Waals surface area contributed by atoms with E-state index in [9.17, 15) is 4.79 Å². The Labute approximate surface area is 146 Å². The lowest BCUT2D eigenvalue weighted by Gasteiger charge is -2.18. The van der Waals surface area contributed by atoms with E-state index in [2.05, 4.69) is 35.6 Å². The lowest BCUT2D eigenvalue weighted by atomic mass is 10.2. The molecule has 0 bridgehead atoms. The summed E-state index contributed by atoms with van der Waals surface area (Å²) in [6.45, 7) is 7.86. The zero-order valence-corrected chi connectivity index (χ0v) is 15.7. The largest absolute Gasteiger partial charge is 0.382 e. The van der Waals surface area contributed by atoms with Gasteiger partial charge in [0.1, 0.15) is 0 Å². The fourth-order valence-electron chi connectivity index (χ4n) is 2.34. The van der Waals surface area contributed by atoms with Crippen molar-refractivity contribution in [3.8, 4) is 0 Å². The van der Waals surface area contributed by atoms with Crippen molar-refractivity contribution in [3.63, 3.8) is 0 Å². The predicted molar refractivity (Wildman–Crippen MR) is 104 cm³/mol. The normalized spacial score (nSPS) is 11.5. The number of amides is 1. The van der Waals surface area contributed by atoms with Crippen molar-refractivity contribution in [1.82, 2.24) is 9.80 Å². The molecule has 0 fully saturated rings. The molecular formula is C19H32N4O.